The highest BCUT2D eigenvalue weighted by molar-refractivity contribution is 6.35. The number of pyridine rings is 1. The van der Waals surface area contributed by atoms with Gasteiger partial charge in [0.2, 0.25) is 5.91 Å². The van der Waals surface area contributed by atoms with E-state index >= 15 is 8.78 Å². The van der Waals surface area contributed by atoms with Crippen molar-refractivity contribution in [3.05, 3.63) is 75.8 Å². The van der Waals surface area contributed by atoms with E-state index in [1.54, 1.807) is 23.9 Å². The number of nitrogens with zero attached hydrogens (tertiary/aromatic N) is 3. The second-order valence-electron chi connectivity index (χ2n) is 11.4. The van der Waals surface area contributed by atoms with Crippen molar-refractivity contribution < 1.29 is 37.0 Å². The number of amides is 2. The van der Waals surface area contributed by atoms with Crippen LogP contribution >= 0.6 is 11.6 Å². The number of fused-ring (bicyclic) bond motifs is 1. The molecule has 4 aromatic rings. The Morgan fingerprint density at radius 2 is 1.93 bits per heavy atom. The number of hydrogen-bond acceptors (Lipinski definition) is 6. The zero-order valence-corrected chi connectivity index (χ0v) is 24.7. The van der Waals surface area contributed by atoms with E-state index in [1.165, 1.54) is 12.1 Å². The van der Waals surface area contributed by atoms with Gasteiger partial charge in [0.25, 0.3) is 5.91 Å². The van der Waals surface area contributed by atoms with Crippen LogP contribution in [0.25, 0.3) is 22.2 Å². The molecule has 2 saturated carbocycles. The number of rotatable bonds is 11. The standard InChI is InChI=1S/C31H28ClF4N5O4/c1-2-45-28-15(12-23(37)42)11-22(39-27(28)19-5-6-21(33)25(35)24(19)34)31(44,30(36)7-8-30)14-38-29(43)16-9-17-13-41(18-3-4-18)40-26(17)20(32)10-16/h5-6,9-11,13,18,44H,2-4,7-8,12,14H2,1H3,(H2,37,42)(H,38,43)/t31-/m0/s1. The van der Waals surface area contributed by atoms with E-state index in [9.17, 15) is 23.5 Å². The van der Waals surface area contributed by atoms with Gasteiger partial charge in [0.05, 0.1) is 36.3 Å². The lowest BCUT2D eigenvalue weighted by Gasteiger charge is -2.33. The van der Waals surface area contributed by atoms with E-state index in [0.29, 0.717) is 17.0 Å². The molecule has 2 aliphatic rings. The van der Waals surface area contributed by atoms with Gasteiger partial charge in [-0.3, -0.25) is 14.3 Å². The number of carbonyl (C=O) groups excluding carboxylic acids is 2. The molecule has 0 spiro atoms. The molecule has 2 heterocycles. The van der Waals surface area contributed by atoms with E-state index in [0.717, 1.165) is 18.9 Å². The van der Waals surface area contributed by atoms with Crippen molar-refractivity contribution in [3.8, 4) is 17.0 Å². The summed E-state index contributed by atoms with van der Waals surface area (Å²) in [5.74, 6) is -6.57. The third kappa shape index (κ3) is 5.59. The SMILES string of the molecule is CCOc1c(CC(N)=O)cc([C@@](O)(CNC(=O)c2cc(Cl)c3nn(C4CC4)cc3c2)C2(F)CC2)nc1-c1ccc(F)c(F)c1F. The largest absolute Gasteiger partial charge is 0.491 e. The van der Waals surface area contributed by atoms with Gasteiger partial charge in [0.15, 0.2) is 23.1 Å². The second-order valence-corrected chi connectivity index (χ2v) is 11.8. The van der Waals surface area contributed by atoms with Gasteiger partial charge in [-0.05, 0) is 62.9 Å². The molecular weight excluding hydrogens is 618 g/mol. The highest BCUT2D eigenvalue weighted by Gasteiger charge is 2.62. The van der Waals surface area contributed by atoms with Gasteiger partial charge in [-0.25, -0.2) is 22.5 Å². The normalized spacial score (nSPS) is 16.8. The molecule has 2 fully saturated rings. The summed E-state index contributed by atoms with van der Waals surface area (Å²) < 4.78 is 66.6. The minimum atomic E-state index is -2.51. The van der Waals surface area contributed by atoms with Gasteiger partial charge >= 0.3 is 0 Å². The molecule has 0 unspecified atom stereocenters. The van der Waals surface area contributed by atoms with Crippen LogP contribution in [0.15, 0.2) is 36.5 Å². The number of ether oxygens (including phenoxy) is 1. The zero-order chi connectivity index (χ0) is 32.3. The summed E-state index contributed by atoms with van der Waals surface area (Å²) >= 11 is 6.42. The van der Waals surface area contributed by atoms with Crippen LogP contribution in [0.5, 0.6) is 5.75 Å². The molecule has 2 aromatic heterocycles. The minimum Gasteiger partial charge on any atom is -0.491 e. The van der Waals surface area contributed by atoms with Crippen LogP contribution in [-0.4, -0.2) is 50.5 Å². The first kappa shape index (κ1) is 30.8. The molecule has 0 saturated heterocycles. The number of halogens is 5. The number of nitrogens with two attached hydrogens (primary N) is 1. The van der Waals surface area contributed by atoms with Crippen molar-refractivity contribution in [2.45, 2.75) is 56.3 Å². The molecule has 0 bridgehead atoms. The Morgan fingerprint density at radius 1 is 1.20 bits per heavy atom. The van der Waals surface area contributed by atoms with Crippen LogP contribution < -0.4 is 15.8 Å². The lowest BCUT2D eigenvalue weighted by Crippen LogP contribution is -2.49. The maximum Gasteiger partial charge on any atom is 0.251 e. The van der Waals surface area contributed by atoms with Crippen LogP contribution in [0, 0.1) is 17.5 Å². The molecule has 236 valence electrons. The second kappa shape index (κ2) is 11.3. The van der Waals surface area contributed by atoms with Gasteiger partial charge < -0.3 is 20.9 Å². The lowest BCUT2D eigenvalue weighted by molar-refractivity contribution is -0.117. The molecule has 14 heteroatoms. The molecular formula is C31H28ClF4N5O4. The molecule has 1 atom stereocenters. The highest BCUT2D eigenvalue weighted by atomic mass is 35.5. The van der Waals surface area contributed by atoms with Gasteiger partial charge in [-0.2, -0.15) is 5.10 Å². The van der Waals surface area contributed by atoms with Crippen molar-refractivity contribution in [1.29, 1.82) is 0 Å². The monoisotopic (exact) mass is 645 g/mol. The highest BCUT2D eigenvalue weighted by Crippen LogP contribution is 2.54. The maximum atomic E-state index is 16.0. The molecule has 6 rings (SSSR count). The van der Waals surface area contributed by atoms with Crippen molar-refractivity contribution in [2.75, 3.05) is 13.2 Å². The fourth-order valence-electron chi connectivity index (χ4n) is 5.39. The molecule has 2 amide bonds. The van der Waals surface area contributed by atoms with Crippen LogP contribution in [0.4, 0.5) is 17.6 Å². The van der Waals surface area contributed by atoms with E-state index in [-0.39, 0.29) is 47.4 Å². The van der Waals surface area contributed by atoms with Crippen LogP contribution in [0.2, 0.25) is 5.02 Å². The van der Waals surface area contributed by atoms with E-state index in [1.807, 2.05) is 0 Å². The summed E-state index contributed by atoms with van der Waals surface area (Å²) in [7, 11) is 0. The Kier molecular flexibility index (Phi) is 7.72. The van der Waals surface area contributed by atoms with Gasteiger partial charge in [0.1, 0.15) is 22.6 Å². The summed E-state index contributed by atoms with van der Waals surface area (Å²) in [5.41, 5.74) is -0.0760. The maximum absolute atomic E-state index is 16.0. The minimum absolute atomic E-state index is 0.00704. The average molecular weight is 646 g/mol. The molecule has 45 heavy (non-hydrogen) atoms. The van der Waals surface area contributed by atoms with Crippen molar-refractivity contribution >= 4 is 34.3 Å². The van der Waals surface area contributed by atoms with Gasteiger partial charge in [-0.1, -0.05) is 11.6 Å². The third-order valence-electron chi connectivity index (χ3n) is 8.12. The molecule has 9 nitrogen and oxygen atoms in total. The van der Waals surface area contributed by atoms with Gasteiger partial charge in [-0.15, -0.1) is 0 Å². The number of aliphatic hydroxyl groups is 1. The summed E-state index contributed by atoms with van der Waals surface area (Å²) in [6.07, 6.45) is 3.06. The Bertz CT molecular complexity index is 1860. The Balaban J connectivity index is 1.41. The Morgan fingerprint density at radius 3 is 2.58 bits per heavy atom. The first-order valence-corrected chi connectivity index (χ1v) is 14.7. The van der Waals surface area contributed by atoms with Crippen LogP contribution in [0.1, 0.15) is 60.3 Å². The average Bonchev–Trinajstić information content (AvgIpc) is 3.94. The van der Waals surface area contributed by atoms with Crippen molar-refractivity contribution in [3.63, 3.8) is 0 Å². The van der Waals surface area contributed by atoms with E-state index in [2.05, 4.69) is 15.4 Å². The summed E-state index contributed by atoms with van der Waals surface area (Å²) in [4.78, 5) is 29.6. The van der Waals surface area contributed by atoms with Crippen LogP contribution in [-0.2, 0) is 16.8 Å². The number of nitrogens with one attached hydrogen (secondary N) is 1. The number of hydrogen-bond donors (Lipinski definition) is 3. The van der Waals surface area contributed by atoms with Gasteiger partial charge in [0, 0.05) is 28.3 Å². The predicted molar refractivity (Wildman–Crippen MR) is 156 cm³/mol. The zero-order valence-electron chi connectivity index (χ0n) is 24.0. The fraction of sp³-hybridized carbons (Fsp3) is 0.355. The first-order valence-electron chi connectivity index (χ1n) is 14.3. The summed E-state index contributed by atoms with van der Waals surface area (Å²) in [5, 5.41) is 19.8. The summed E-state index contributed by atoms with van der Waals surface area (Å²) in [6.45, 7) is 0.876. The summed E-state index contributed by atoms with van der Waals surface area (Å²) in [6, 6.07) is 6.03. The van der Waals surface area contributed by atoms with Crippen LogP contribution in [0.3, 0.4) is 0 Å². The number of aromatic nitrogens is 3. The number of alkyl halides is 1. The fourth-order valence-corrected chi connectivity index (χ4v) is 5.66. The predicted octanol–water partition coefficient (Wildman–Crippen LogP) is 5.05. The molecule has 4 N–H and O–H groups in total. The molecule has 2 aliphatic carbocycles. The quantitative estimate of drug-likeness (QED) is 0.155. The first-order chi connectivity index (χ1) is 21.3. The Hall–Kier alpha value is -4.23. The lowest BCUT2D eigenvalue weighted by atomic mass is 9.88. The molecule has 2 aromatic carbocycles. The van der Waals surface area contributed by atoms with Crippen molar-refractivity contribution in [1.82, 2.24) is 20.1 Å². The van der Waals surface area contributed by atoms with Crippen molar-refractivity contribution in [2.24, 2.45) is 5.73 Å². The number of primary amides is 1. The Labute approximate surface area is 259 Å². The number of carbonyl (C=O) groups is 2. The van der Waals surface area contributed by atoms with E-state index < -0.39 is 70.5 Å². The number of benzene rings is 2. The topological polar surface area (TPSA) is 132 Å². The third-order valence-corrected chi connectivity index (χ3v) is 8.40. The molecule has 0 radical (unpaired) electrons. The van der Waals surface area contributed by atoms with E-state index in [4.69, 9.17) is 22.1 Å². The smallest absolute Gasteiger partial charge is 0.251 e. The molecule has 0 aliphatic heterocycles.